The number of nitrogens with two attached hydrogens (primary N) is 1. The number of nitrogens with one attached hydrogen (secondary N) is 1. The van der Waals surface area contributed by atoms with Crippen LogP contribution in [-0.2, 0) is 4.79 Å². The van der Waals surface area contributed by atoms with Crippen molar-refractivity contribution < 1.29 is 9.53 Å². The third kappa shape index (κ3) is 3.67. The van der Waals surface area contributed by atoms with E-state index in [2.05, 4.69) is 10.2 Å². The van der Waals surface area contributed by atoms with Crippen molar-refractivity contribution in [3.63, 3.8) is 0 Å². The predicted molar refractivity (Wildman–Crippen MR) is 82.3 cm³/mol. The fourth-order valence-corrected chi connectivity index (χ4v) is 3.27. The van der Waals surface area contributed by atoms with Crippen LogP contribution in [0.25, 0.3) is 0 Å². The maximum atomic E-state index is 10.7. The summed E-state index contributed by atoms with van der Waals surface area (Å²) in [5.41, 5.74) is 6.22. The summed E-state index contributed by atoms with van der Waals surface area (Å²) in [6, 6.07) is 8.55. The number of amides is 1. The van der Waals surface area contributed by atoms with Gasteiger partial charge in [-0.25, -0.2) is 0 Å². The molecule has 0 aliphatic carbocycles. The van der Waals surface area contributed by atoms with Gasteiger partial charge in [0.1, 0.15) is 5.75 Å². The Morgan fingerprint density at radius 1 is 1.29 bits per heavy atom. The molecule has 1 aromatic rings. The molecular formula is C16H23N3O2. The normalized spacial score (nSPS) is 27.3. The summed E-state index contributed by atoms with van der Waals surface area (Å²) in [5.74, 6) is 1.22. The van der Waals surface area contributed by atoms with Gasteiger partial charge < -0.3 is 20.7 Å². The average molecular weight is 289 g/mol. The van der Waals surface area contributed by atoms with Crippen LogP contribution in [0.2, 0.25) is 0 Å². The van der Waals surface area contributed by atoms with Crippen molar-refractivity contribution >= 4 is 11.6 Å². The molecule has 2 fully saturated rings. The number of fused-ring (bicyclic) bond motifs is 2. The maximum absolute atomic E-state index is 10.7. The van der Waals surface area contributed by atoms with Crippen LogP contribution in [-0.4, -0.2) is 43.1 Å². The zero-order chi connectivity index (χ0) is 14.7. The lowest BCUT2D eigenvalue weighted by molar-refractivity contribution is -0.118. The van der Waals surface area contributed by atoms with Gasteiger partial charge in [0.25, 0.3) is 0 Å². The molecule has 114 valence electrons. The van der Waals surface area contributed by atoms with E-state index in [1.165, 1.54) is 32.5 Å². The number of primary amides is 1. The first-order chi connectivity index (χ1) is 10.2. The van der Waals surface area contributed by atoms with E-state index < -0.39 is 0 Å². The number of nitrogens with zero attached hydrogens (tertiary/aromatic N) is 1. The molecule has 2 heterocycles. The molecule has 3 atom stereocenters. The van der Waals surface area contributed by atoms with E-state index in [0.717, 1.165) is 17.4 Å². The molecule has 5 heteroatoms. The minimum absolute atomic E-state index is 0.250. The third-order valence-electron chi connectivity index (χ3n) is 4.46. The quantitative estimate of drug-likeness (QED) is 0.831. The van der Waals surface area contributed by atoms with E-state index in [4.69, 9.17) is 10.5 Å². The first-order valence-electron chi connectivity index (χ1n) is 7.71. The number of anilines is 1. The first kappa shape index (κ1) is 14.2. The van der Waals surface area contributed by atoms with Crippen LogP contribution < -0.4 is 15.8 Å². The van der Waals surface area contributed by atoms with Gasteiger partial charge in [0.15, 0.2) is 0 Å². The highest BCUT2D eigenvalue weighted by atomic mass is 16.5. The van der Waals surface area contributed by atoms with Gasteiger partial charge >= 0.3 is 0 Å². The number of carbonyl (C=O) groups is 1. The molecule has 2 bridgehead atoms. The Morgan fingerprint density at radius 3 is 2.81 bits per heavy atom. The molecule has 2 aliphatic rings. The molecule has 0 radical (unpaired) electrons. The van der Waals surface area contributed by atoms with Gasteiger partial charge in [0, 0.05) is 24.8 Å². The molecule has 3 N–H and O–H groups in total. The van der Waals surface area contributed by atoms with Crippen LogP contribution in [0.15, 0.2) is 24.3 Å². The molecule has 2 saturated heterocycles. The summed E-state index contributed by atoms with van der Waals surface area (Å²) in [6.07, 6.45) is 2.79. The van der Waals surface area contributed by atoms with E-state index in [1.54, 1.807) is 0 Å². The molecule has 3 rings (SSSR count). The van der Waals surface area contributed by atoms with Crippen molar-refractivity contribution in [3.8, 4) is 5.75 Å². The number of rotatable bonds is 6. The third-order valence-corrected chi connectivity index (χ3v) is 4.46. The summed E-state index contributed by atoms with van der Waals surface area (Å²) in [6.45, 7) is 4.05. The van der Waals surface area contributed by atoms with Crippen LogP contribution in [0.3, 0.4) is 0 Å². The van der Waals surface area contributed by atoms with Gasteiger partial charge in [0.2, 0.25) is 5.91 Å². The Bertz CT molecular complexity index is 489. The average Bonchev–Trinajstić information content (AvgIpc) is 2.86. The van der Waals surface area contributed by atoms with Crippen LogP contribution in [0.5, 0.6) is 5.75 Å². The Morgan fingerprint density at radius 2 is 2.05 bits per heavy atom. The summed E-state index contributed by atoms with van der Waals surface area (Å²) in [5, 5.41) is 3.65. The molecule has 0 saturated carbocycles. The molecule has 3 unspecified atom stereocenters. The molecule has 1 aromatic carbocycles. The van der Waals surface area contributed by atoms with Gasteiger partial charge in [-0.3, -0.25) is 4.79 Å². The fourth-order valence-electron chi connectivity index (χ4n) is 3.27. The molecule has 0 aromatic heterocycles. The number of carbonyl (C=O) groups excluding carboxylic acids is 1. The van der Waals surface area contributed by atoms with Crippen LogP contribution in [0.4, 0.5) is 5.69 Å². The van der Waals surface area contributed by atoms with Crippen molar-refractivity contribution in [3.05, 3.63) is 24.3 Å². The number of benzene rings is 1. The van der Waals surface area contributed by atoms with Crippen molar-refractivity contribution in [1.82, 2.24) is 4.90 Å². The lowest BCUT2D eigenvalue weighted by Gasteiger charge is -2.31. The van der Waals surface area contributed by atoms with Gasteiger partial charge in [-0.2, -0.15) is 0 Å². The molecule has 1 amide bonds. The standard InChI is InChI=1S/C16H23N3O2/c17-16(20)7-10-21-14-3-1-13(2-4-14)18-15-6-9-19-8-5-12(15)11-19/h1-4,12,15,18H,5-11H2,(H2,17,20). The lowest BCUT2D eigenvalue weighted by atomic mass is 9.94. The summed E-state index contributed by atoms with van der Waals surface area (Å²) in [7, 11) is 0. The Hall–Kier alpha value is -1.75. The maximum Gasteiger partial charge on any atom is 0.220 e. The van der Waals surface area contributed by atoms with Gasteiger partial charge in [-0.05, 0) is 49.6 Å². The minimum Gasteiger partial charge on any atom is -0.493 e. The van der Waals surface area contributed by atoms with Crippen molar-refractivity contribution in [2.45, 2.75) is 25.3 Å². The Kier molecular flexibility index (Phi) is 4.29. The smallest absolute Gasteiger partial charge is 0.220 e. The number of piperidine rings is 1. The van der Waals surface area contributed by atoms with E-state index >= 15 is 0 Å². The second-order valence-electron chi connectivity index (χ2n) is 5.98. The highest BCUT2D eigenvalue weighted by Crippen LogP contribution is 2.29. The fraction of sp³-hybridized carbons (Fsp3) is 0.562. The van der Waals surface area contributed by atoms with E-state index in [0.29, 0.717) is 12.6 Å². The molecule has 2 aliphatic heterocycles. The van der Waals surface area contributed by atoms with Gasteiger partial charge in [-0.1, -0.05) is 0 Å². The number of hydrogen-bond donors (Lipinski definition) is 2. The minimum atomic E-state index is -0.337. The zero-order valence-corrected chi connectivity index (χ0v) is 12.3. The van der Waals surface area contributed by atoms with Crippen LogP contribution in [0.1, 0.15) is 19.3 Å². The first-order valence-corrected chi connectivity index (χ1v) is 7.71. The van der Waals surface area contributed by atoms with E-state index in [9.17, 15) is 4.79 Å². The molecule has 0 spiro atoms. The highest BCUT2D eigenvalue weighted by Gasteiger charge is 2.33. The van der Waals surface area contributed by atoms with E-state index in [1.807, 2.05) is 24.3 Å². The predicted octanol–water partition coefficient (Wildman–Crippen LogP) is 1.45. The van der Waals surface area contributed by atoms with E-state index in [-0.39, 0.29) is 12.3 Å². The van der Waals surface area contributed by atoms with Gasteiger partial charge in [0.05, 0.1) is 13.0 Å². The SMILES string of the molecule is NC(=O)CCOc1ccc(NC2CCN3CCC2C3)cc1. The summed E-state index contributed by atoms with van der Waals surface area (Å²) in [4.78, 5) is 13.2. The van der Waals surface area contributed by atoms with Crippen LogP contribution >= 0.6 is 0 Å². The van der Waals surface area contributed by atoms with Crippen molar-refractivity contribution in [2.75, 3.05) is 31.6 Å². The molecule has 21 heavy (non-hydrogen) atoms. The second-order valence-corrected chi connectivity index (χ2v) is 5.98. The molecule has 5 nitrogen and oxygen atoms in total. The van der Waals surface area contributed by atoms with Gasteiger partial charge in [-0.15, -0.1) is 0 Å². The largest absolute Gasteiger partial charge is 0.493 e. The second kappa shape index (κ2) is 6.35. The monoisotopic (exact) mass is 289 g/mol. The zero-order valence-electron chi connectivity index (χ0n) is 12.3. The van der Waals surface area contributed by atoms with Crippen molar-refractivity contribution in [2.24, 2.45) is 11.7 Å². The number of hydrogen-bond acceptors (Lipinski definition) is 4. The summed E-state index contributed by atoms with van der Waals surface area (Å²) < 4.78 is 5.48. The Labute approximate surface area is 125 Å². The summed E-state index contributed by atoms with van der Waals surface area (Å²) >= 11 is 0. The topological polar surface area (TPSA) is 67.6 Å². The number of ether oxygens (including phenoxy) is 1. The van der Waals surface area contributed by atoms with Crippen LogP contribution in [0, 0.1) is 5.92 Å². The lowest BCUT2D eigenvalue weighted by Crippen LogP contribution is -2.39. The molecular weight excluding hydrogens is 266 g/mol. The highest BCUT2D eigenvalue weighted by molar-refractivity contribution is 5.73. The van der Waals surface area contributed by atoms with Crippen molar-refractivity contribution in [1.29, 1.82) is 0 Å². The Balaban J connectivity index is 1.51.